The molecule has 1 aliphatic heterocycles. The maximum atomic E-state index is 12.3. The van der Waals surface area contributed by atoms with E-state index in [9.17, 15) is 4.79 Å². The van der Waals surface area contributed by atoms with Gasteiger partial charge in [0.15, 0.2) is 0 Å². The quantitative estimate of drug-likeness (QED) is 0.583. The van der Waals surface area contributed by atoms with Gasteiger partial charge in [-0.1, -0.05) is 11.8 Å². The summed E-state index contributed by atoms with van der Waals surface area (Å²) in [6, 6.07) is 7.60. The lowest BCUT2D eigenvalue weighted by Gasteiger charge is -2.32. The van der Waals surface area contributed by atoms with Crippen molar-refractivity contribution in [3.63, 3.8) is 0 Å². The van der Waals surface area contributed by atoms with E-state index in [1.807, 2.05) is 29.2 Å². The van der Waals surface area contributed by atoms with Gasteiger partial charge in [-0.3, -0.25) is 4.79 Å². The minimum Gasteiger partial charge on any atom is -0.497 e. The highest BCUT2D eigenvalue weighted by Crippen LogP contribution is 2.16. The third kappa shape index (κ3) is 5.57. The predicted molar refractivity (Wildman–Crippen MR) is 100 cm³/mol. The number of hydrogen-bond donors (Lipinski definition) is 1. The van der Waals surface area contributed by atoms with Crippen LogP contribution in [0.1, 0.15) is 0 Å². The molecular formula is C17H25N6O3S+. The number of carbonyl (C=O) groups is 1. The molecule has 0 atom stereocenters. The molecule has 146 valence electrons. The van der Waals surface area contributed by atoms with E-state index in [-0.39, 0.29) is 5.91 Å². The molecular weight excluding hydrogens is 368 g/mol. The molecule has 1 aromatic carbocycles. The number of nitrogens with one attached hydrogen (secondary N) is 1. The lowest BCUT2D eigenvalue weighted by Crippen LogP contribution is -3.15. The summed E-state index contributed by atoms with van der Waals surface area (Å²) in [5, 5.41) is 11.9. The highest BCUT2D eigenvalue weighted by Gasteiger charge is 2.23. The Hall–Kier alpha value is -2.33. The van der Waals surface area contributed by atoms with Crippen LogP contribution in [0.15, 0.2) is 29.4 Å². The van der Waals surface area contributed by atoms with E-state index < -0.39 is 0 Å². The Morgan fingerprint density at radius 1 is 1.22 bits per heavy atom. The van der Waals surface area contributed by atoms with Gasteiger partial charge in [-0.15, -0.1) is 5.10 Å². The van der Waals surface area contributed by atoms with E-state index in [4.69, 9.17) is 9.47 Å². The Kier molecular flexibility index (Phi) is 6.88. The van der Waals surface area contributed by atoms with Gasteiger partial charge in [0, 0.05) is 7.05 Å². The summed E-state index contributed by atoms with van der Waals surface area (Å²) in [5.74, 6) is 2.17. The lowest BCUT2D eigenvalue weighted by atomic mass is 10.3. The first-order valence-corrected chi connectivity index (χ1v) is 9.87. The molecule has 0 spiro atoms. The van der Waals surface area contributed by atoms with Gasteiger partial charge in [0.25, 0.3) is 0 Å². The Labute approximate surface area is 162 Å². The van der Waals surface area contributed by atoms with Crippen LogP contribution >= 0.6 is 11.8 Å². The molecule has 27 heavy (non-hydrogen) atoms. The topological polar surface area (TPSA) is 86.8 Å². The Bertz CT molecular complexity index is 731. The van der Waals surface area contributed by atoms with Gasteiger partial charge < -0.3 is 19.3 Å². The van der Waals surface area contributed by atoms with Gasteiger partial charge in [0.05, 0.1) is 39.0 Å². The zero-order valence-corrected chi connectivity index (χ0v) is 16.4. The maximum absolute atomic E-state index is 12.3. The van der Waals surface area contributed by atoms with Crippen LogP contribution in [-0.2, 0) is 11.8 Å². The van der Waals surface area contributed by atoms with Crippen molar-refractivity contribution in [2.45, 2.75) is 5.16 Å². The number of quaternary nitrogens is 1. The van der Waals surface area contributed by atoms with Crippen LogP contribution < -0.4 is 14.4 Å². The summed E-state index contributed by atoms with van der Waals surface area (Å²) in [7, 11) is 3.41. The Balaban J connectivity index is 1.33. The van der Waals surface area contributed by atoms with Crippen molar-refractivity contribution in [2.75, 3.05) is 52.2 Å². The van der Waals surface area contributed by atoms with Crippen molar-refractivity contribution in [1.29, 1.82) is 0 Å². The summed E-state index contributed by atoms with van der Waals surface area (Å²) >= 11 is 1.37. The van der Waals surface area contributed by atoms with Gasteiger partial charge >= 0.3 is 0 Å². The molecule has 0 aliphatic carbocycles. The molecule has 0 saturated carbocycles. The third-order valence-electron chi connectivity index (χ3n) is 4.51. The molecule has 1 fully saturated rings. The number of rotatable bonds is 8. The minimum atomic E-state index is 0.136. The summed E-state index contributed by atoms with van der Waals surface area (Å²) in [5.41, 5.74) is 0. The first-order chi connectivity index (χ1) is 13.2. The molecule has 10 heteroatoms. The average molecular weight is 393 g/mol. The van der Waals surface area contributed by atoms with Crippen LogP contribution in [0, 0.1) is 0 Å². The molecule has 3 rings (SSSR count). The van der Waals surface area contributed by atoms with Gasteiger partial charge in [0.1, 0.15) is 24.7 Å². The number of nitrogens with zero attached hydrogens (tertiary/aromatic N) is 5. The fourth-order valence-corrected chi connectivity index (χ4v) is 3.62. The molecule has 1 amide bonds. The molecule has 2 heterocycles. The van der Waals surface area contributed by atoms with E-state index in [1.54, 1.807) is 18.8 Å². The standard InChI is InChI=1S/C17H24N6O3S/c1-21-17(18-19-20-21)27-13-16(24)23-9-7-22(8-10-23)11-12-26-15-5-3-14(25-2)4-6-15/h3-6H,7-13H2,1-2H3/p+1. The molecule has 1 N–H and O–H groups in total. The summed E-state index contributed by atoms with van der Waals surface area (Å²) in [6.45, 7) is 5.00. The zero-order chi connectivity index (χ0) is 19.1. The second-order valence-corrected chi connectivity index (χ2v) is 7.22. The number of methoxy groups -OCH3 is 1. The second kappa shape index (κ2) is 9.56. The van der Waals surface area contributed by atoms with Crippen molar-refractivity contribution < 1.29 is 19.2 Å². The van der Waals surface area contributed by atoms with Gasteiger partial charge in [0.2, 0.25) is 11.1 Å². The summed E-state index contributed by atoms with van der Waals surface area (Å²) < 4.78 is 12.5. The first-order valence-electron chi connectivity index (χ1n) is 8.89. The highest BCUT2D eigenvalue weighted by atomic mass is 32.2. The van der Waals surface area contributed by atoms with Crippen molar-refractivity contribution in [3.8, 4) is 11.5 Å². The van der Waals surface area contributed by atoms with Gasteiger partial charge in [-0.25, -0.2) is 4.68 Å². The van der Waals surface area contributed by atoms with Crippen molar-refractivity contribution >= 4 is 17.7 Å². The molecule has 1 aromatic heterocycles. The number of benzene rings is 1. The SMILES string of the molecule is COc1ccc(OCC[NH+]2CCN(C(=O)CSc3nnnn3C)CC2)cc1. The predicted octanol–water partition coefficient (Wildman–Crippen LogP) is -0.883. The molecule has 2 aromatic rings. The molecule has 1 saturated heterocycles. The maximum Gasteiger partial charge on any atom is 0.233 e. The fraction of sp³-hybridized carbons (Fsp3) is 0.529. The first kappa shape index (κ1) is 19.4. The van der Waals surface area contributed by atoms with Gasteiger partial charge in [-0.2, -0.15) is 0 Å². The Morgan fingerprint density at radius 3 is 2.56 bits per heavy atom. The van der Waals surface area contributed by atoms with Crippen molar-refractivity contribution in [1.82, 2.24) is 25.1 Å². The van der Waals surface area contributed by atoms with Crippen LogP contribution in [0.5, 0.6) is 11.5 Å². The van der Waals surface area contributed by atoms with Crippen LogP contribution in [0.25, 0.3) is 0 Å². The van der Waals surface area contributed by atoms with E-state index in [2.05, 4.69) is 15.5 Å². The van der Waals surface area contributed by atoms with E-state index in [0.29, 0.717) is 17.5 Å². The number of aromatic nitrogens is 4. The molecule has 0 bridgehead atoms. The lowest BCUT2D eigenvalue weighted by molar-refractivity contribution is -0.904. The van der Waals surface area contributed by atoms with E-state index >= 15 is 0 Å². The molecule has 9 nitrogen and oxygen atoms in total. The molecule has 0 unspecified atom stereocenters. The third-order valence-corrected chi connectivity index (χ3v) is 5.51. The van der Waals surface area contributed by atoms with Crippen molar-refractivity contribution in [2.24, 2.45) is 7.05 Å². The zero-order valence-electron chi connectivity index (χ0n) is 15.6. The van der Waals surface area contributed by atoms with E-state index in [0.717, 1.165) is 44.2 Å². The number of hydrogen-bond acceptors (Lipinski definition) is 7. The number of carbonyl (C=O) groups excluding carboxylic acids is 1. The number of aryl methyl sites for hydroxylation is 1. The van der Waals surface area contributed by atoms with Crippen LogP contribution in [-0.4, -0.2) is 83.2 Å². The Morgan fingerprint density at radius 2 is 1.93 bits per heavy atom. The average Bonchev–Trinajstić information content (AvgIpc) is 3.12. The van der Waals surface area contributed by atoms with Crippen LogP contribution in [0.2, 0.25) is 0 Å². The van der Waals surface area contributed by atoms with Crippen molar-refractivity contribution in [3.05, 3.63) is 24.3 Å². The van der Waals surface area contributed by atoms with Crippen LogP contribution in [0.4, 0.5) is 0 Å². The molecule has 1 aliphatic rings. The summed E-state index contributed by atoms with van der Waals surface area (Å²) in [6.07, 6.45) is 0. The second-order valence-electron chi connectivity index (χ2n) is 6.28. The normalized spacial score (nSPS) is 15.0. The van der Waals surface area contributed by atoms with Gasteiger partial charge in [-0.05, 0) is 34.7 Å². The fourth-order valence-electron chi connectivity index (χ4n) is 2.87. The summed E-state index contributed by atoms with van der Waals surface area (Å²) in [4.78, 5) is 15.7. The molecule has 0 radical (unpaired) electrons. The largest absolute Gasteiger partial charge is 0.497 e. The smallest absolute Gasteiger partial charge is 0.233 e. The number of amides is 1. The number of thioether (sulfide) groups is 1. The highest BCUT2D eigenvalue weighted by molar-refractivity contribution is 7.99. The van der Waals surface area contributed by atoms with Crippen LogP contribution in [0.3, 0.4) is 0 Å². The number of tetrazole rings is 1. The number of ether oxygens (including phenoxy) is 2. The minimum absolute atomic E-state index is 0.136. The number of piperazine rings is 1. The monoisotopic (exact) mass is 393 g/mol. The van der Waals surface area contributed by atoms with E-state index in [1.165, 1.54) is 16.7 Å².